The summed E-state index contributed by atoms with van der Waals surface area (Å²) in [5.74, 6) is -0.336. The lowest BCUT2D eigenvalue weighted by Crippen LogP contribution is -2.52. The van der Waals surface area contributed by atoms with Gasteiger partial charge >= 0.3 is 0 Å². The second kappa shape index (κ2) is 10.3. The lowest BCUT2D eigenvalue weighted by Gasteiger charge is -2.32. The highest BCUT2D eigenvalue weighted by Crippen LogP contribution is 2.27. The standard InChI is InChI=1S/C24H30Cl2N2O2/c1-16-9-11-18(12-10-16)13-14-22(29)28(17(2)23(30)27-24(3,4)5)15-19-20(25)7-6-8-21(19)26/h6-12,17H,13-15H2,1-5H3,(H,27,30)/t17-/m1/s1. The Bertz CT molecular complexity index is 869. The molecule has 0 saturated carbocycles. The van der Waals surface area contributed by atoms with Crippen LogP contribution in [0.4, 0.5) is 0 Å². The van der Waals surface area contributed by atoms with Gasteiger partial charge in [-0.25, -0.2) is 0 Å². The smallest absolute Gasteiger partial charge is 0.242 e. The first-order valence-corrected chi connectivity index (χ1v) is 10.8. The molecule has 4 nitrogen and oxygen atoms in total. The maximum atomic E-state index is 13.2. The topological polar surface area (TPSA) is 49.4 Å². The lowest BCUT2D eigenvalue weighted by molar-refractivity contribution is -0.141. The van der Waals surface area contributed by atoms with E-state index in [0.29, 0.717) is 22.0 Å². The molecule has 0 aliphatic heterocycles. The van der Waals surface area contributed by atoms with Crippen LogP contribution in [0.25, 0.3) is 0 Å². The van der Waals surface area contributed by atoms with Gasteiger partial charge < -0.3 is 10.2 Å². The summed E-state index contributed by atoms with van der Waals surface area (Å²) in [6.45, 7) is 9.66. The molecule has 0 radical (unpaired) electrons. The highest BCUT2D eigenvalue weighted by molar-refractivity contribution is 6.36. The third-order valence-corrected chi connectivity index (χ3v) is 5.51. The van der Waals surface area contributed by atoms with E-state index < -0.39 is 11.6 Å². The SMILES string of the molecule is Cc1ccc(CCC(=O)N(Cc2c(Cl)cccc2Cl)[C@H](C)C(=O)NC(C)(C)C)cc1. The van der Waals surface area contributed by atoms with E-state index in [9.17, 15) is 9.59 Å². The Morgan fingerprint density at radius 3 is 2.13 bits per heavy atom. The van der Waals surface area contributed by atoms with Gasteiger partial charge in [0.1, 0.15) is 6.04 Å². The minimum atomic E-state index is -0.665. The molecule has 30 heavy (non-hydrogen) atoms. The number of hydrogen-bond donors (Lipinski definition) is 1. The molecule has 0 fully saturated rings. The number of rotatable bonds is 7. The van der Waals surface area contributed by atoms with E-state index in [-0.39, 0.29) is 24.8 Å². The van der Waals surface area contributed by atoms with Gasteiger partial charge in [0.2, 0.25) is 11.8 Å². The summed E-state index contributed by atoms with van der Waals surface area (Å²) in [6.07, 6.45) is 0.887. The van der Waals surface area contributed by atoms with E-state index in [2.05, 4.69) is 5.32 Å². The van der Waals surface area contributed by atoms with Gasteiger partial charge in [-0.05, 0) is 58.7 Å². The van der Waals surface area contributed by atoms with Crippen molar-refractivity contribution in [3.05, 3.63) is 69.2 Å². The van der Waals surface area contributed by atoms with Crippen LogP contribution in [0, 0.1) is 6.92 Å². The summed E-state index contributed by atoms with van der Waals surface area (Å²) in [6, 6.07) is 12.7. The highest BCUT2D eigenvalue weighted by atomic mass is 35.5. The van der Waals surface area contributed by atoms with Crippen LogP contribution in [0.5, 0.6) is 0 Å². The maximum absolute atomic E-state index is 13.2. The molecule has 162 valence electrons. The molecule has 2 amide bonds. The minimum absolute atomic E-state index is 0.122. The molecule has 0 bridgehead atoms. The monoisotopic (exact) mass is 448 g/mol. The van der Waals surface area contributed by atoms with Crippen molar-refractivity contribution in [2.24, 2.45) is 0 Å². The molecular weight excluding hydrogens is 419 g/mol. The van der Waals surface area contributed by atoms with Crippen molar-refractivity contribution in [1.29, 1.82) is 0 Å². The largest absolute Gasteiger partial charge is 0.350 e. The van der Waals surface area contributed by atoms with E-state index in [0.717, 1.165) is 5.56 Å². The molecule has 2 rings (SSSR count). The van der Waals surface area contributed by atoms with Gasteiger partial charge in [0.25, 0.3) is 0 Å². The fourth-order valence-electron chi connectivity index (χ4n) is 3.06. The molecule has 0 unspecified atom stereocenters. The molecule has 2 aromatic carbocycles. The van der Waals surface area contributed by atoms with Crippen molar-refractivity contribution < 1.29 is 9.59 Å². The van der Waals surface area contributed by atoms with Crippen molar-refractivity contribution in [2.75, 3.05) is 0 Å². The van der Waals surface area contributed by atoms with Crippen molar-refractivity contribution in [1.82, 2.24) is 10.2 Å². The lowest BCUT2D eigenvalue weighted by atomic mass is 10.1. The number of nitrogens with one attached hydrogen (secondary N) is 1. The molecule has 2 aromatic rings. The Kier molecular flexibility index (Phi) is 8.34. The Balaban J connectivity index is 2.23. The molecule has 6 heteroatoms. The van der Waals surface area contributed by atoms with Gasteiger partial charge in [-0.2, -0.15) is 0 Å². The first-order chi connectivity index (χ1) is 14.0. The first kappa shape index (κ1) is 24.2. The Morgan fingerprint density at radius 2 is 1.60 bits per heavy atom. The Labute approximate surface area is 189 Å². The fourth-order valence-corrected chi connectivity index (χ4v) is 3.58. The van der Waals surface area contributed by atoms with Gasteiger partial charge in [-0.3, -0.25) is 9.59 Å². The molecule has 0 aromatic heterocycles. The summed E-state index contributed by atoms with van der Waals surface area (Å²) in [5.41, 5.74) is 2.49. The van der Waals surface area contributed by atoms with E-state index in [1.807, 2.05) is 52.0 Å². The highest BCUT2D eigenvalue weighted by Gasteiger charge is 2.29. The Hall–Kier alpha value is -2.04. The molecular formula is C24H30Cl2N2O2. The number of carbonyl (C=O) groups excluding carboxylic acids is 2. The van der Waals surface area contributed by atoms with Crippen molar-refractivity contribution in [3.63, 3.8) is 0 Å². The zero-order valence-electron chi connectivity index (χ0n) is 18.3. The predicted molar refractivity (Wildman–Crippen MR) is 124 cm³/mol. The van der Waals surface area contributed by atoms with Crippen molar-refractivity contribution in [3.8, 4) is 0 Å². The third kappa shape index (κ3) is 7.03. The molecule has 0 aliphatic carbocycles. The summed E-state index contributed by atoms with van der Waals surface area (Å²) >= 11 is 12.7. The average molecular weight is 449 g/mol. The number of benzene rings is 2. The second-order valence-corrected chi connectivity index (χ2v) is 9.44. The van der Waals surface area contributed by atoms with Crippen LogP contribution in [-0.4, -0.2) is 28.3 Å². The summed E-state index contributed by atoms with van der Waals surface area (Å²) in [4.78, 5) is 27.5. The van der Waals surface area contributed by atoms with Crippen LogP contribution in [0.15, 0.2) is 42.5 Å². The van der Waals surface area contributed by atoms with Gasteiger partial charge in [0, 0.05) is 34.1 Å². The molecule has 1 N–H and O–H groups in total. The van der Waals surface area contributed by atoms with Crippen LogP contribution in [0.2, 0.25) is 10.0 Å². The molecule has 0 heterocycles. The summed E-state index contributed by atoms with van der Waals surface area (Å²) in [7, 11) is 0. The third-order valence-electron chi connectivity index (χ3n) is 4.80. The average Bonchev–Trinajstić information content (AvgIpc) is 2.65. The molecule has 0 aliphatic rings. The van der Waals surface area contributed by atoms with Crippen LogP contribution >= 0.6 is 23.2 Å². The van der Waals surface area contributed by atoms with E-state index in [1.54, 1.807) is 30.0 Å². The Morgan fingerprint density at radius 1 is 1.03 bits per heavy atom. The predicted octanol–water partition coefficient (Wildman–Crippen LogP) is 5.57. The van der Waals surface area contributed by atoms with Crippen molar-refractivity contribution >= 4 is 35.0 Å². The number of carbonyl (C=O) groups is 2. The first-order valence-electron chi connectivity index (χ1n) is 10.1. The van der Waals surface area contributed by atoms with Crippen molar-refractivity contribution in [2.45, 2.75) is 65.6 Å². The number of halogens is 2. The van der Waals surface area contributed by atoms with Crippen LogP contribution in [0.3, 0.4) is 0 Å². The summed E-state index contributed by atoms with van der Waals surface area (Å²) in [5, 5.41) is 3.90. The van der Waals surface area contributed by atoms with Gasteiger partial charge in [-0.15, -0.1) is 0 Å². The van der Waals surface area contributed by atoms with E-state index in [4.69, 9.17) is 23.2 Å². The quantitative estimate of drug-likeness (QED) is 0.601. The van der Waals surface area contributed by atoms with Crippen LogP contribution < -0.4 is 5.32 Å². The zero-order valence-corrected chi connectivity index (χ0v) is 19.8. The van der Waals surface area contributed by atoms with E-state index >= 15 is 0 Å². The number of hydrogen-bond acceptors (Lipinski definition) is 2. The zero-order chi connectivity index (χ0) is 22.5. The second-order valence-electron chi connectivity index (χ2n) is 8.62. The number of aryl methyl sites for hydroxylation is 2. The van der Waals surface area contributed by atoms with Crippen LogP contribution in [0.1, 0.15) is 50.8 Å². The van der Waals surface area contributed by atoms with Gasteiger partial charge in [0.15, 0.2) is 0 Å². The van der Waals surface area contributed by atoms with E-state index in [1.165, 1.54) is 5.56 Å². The van der Waals surface area contributed by atoms with Gasteiger partial charge in [0.05, 0.1) is 0 Å². The summed E-state index contributed by atoms with van der Waals surface area (Å²) < 4.78 is 0. The van der Waals surface area contributed by atoms with Crippen LogP contribution in [-0.2, 0) is 22.6 Å². The molecule has 0 spiro atoms. The maximum Gasteiger partial charge on any atom is 0.242 e. The minimum Gasteiger partial charge on any atom is -0.350 e. The molecule has 1 atom stereocenters. The molecule has 0 saturated heterocycles. The fraction of sp³-hybridized carbons (Fsp3) is 0.417. The normalized spacial score (nSPS) is 12.4. The van der Waals surface area contributed by atoms with Gasteiger partial charge in [-0.1, -0.05) is 59.1 Å². The number of nitrogens with zero attached hydrogens (tertiary/aromatic N) is 1. The number of amides is 2.